The molecular weight excluding hydrogens is 367 g/mol. The van der Waals surface area contributed by atoms with Crippen LogP contribution < -0.4 is 5.32 Å². The summed E-state index contributed by atoms with van der Waals surface area (Å²) in [7, 11) is 0. The number of allylic oxidation sites excluding steroid dienone is 1. The molecule has 3 aromatic rings. The van der Waals surface area contributed by atoms with Gasteiger partial charge in [-0.3, -0.25) is 0 Å². The molecule has 7 heteroatoms. The number of nitrogens with zero attached hydrogens (tertiary/aromatic N) is 3. The lowest BCUT2D eigenvalue weighted by Gasteiger charge is -2.24. The van der Waals surface area contributed by atoms with Gasteiger partial charge in [0.15, 0.2) is 5.82 Å². The summed E-state index contributed by atoms with van der Waals surface area (Å²) in [5.41, 5.74) is 2.66. The van der Waals surface area contributed by atoms with Crippen LogP contribution in [0.25, 0.3) is 5.70 Å². The minimum atomic E-state index is -0.281. The van der Waals surface area contributed by atoms with E-state index in [2.05, 4.69) is 15.4 Å². The molecule has 138 valence electrons. The fourth-order valence-corrected chi connectivity index (χ4v) is 3.30. The first-order valence-corrected chi connectivity index (χ1v) is 9.08. The fourth-order valence-electron chi connectivity index (χ4n) is 3.11. The average Bonchev–Trinajstić information content (AvgIpc) is 3.09. The van der Waals surface area contributed by atoms with Crippen LogP contribution in [0.4, 0.5) is 10.3 Å². The molecule has 2 N–H and O–H groups in total. The van der Waals surface area contributed by atoms with Gasteiger partial charge < -0.3 is 10.4 Å². The Kier molecular flexibility index (Phi) is 4.92. The fraction of sp³-hybridized carbons (Fsp3) is 0.200. The summed E-state index contributed by atoms with van der Waals surface area (Å²) >= 11 is 6.18. The average molecular weight is 385 g/mol. The third kappa shape index (κ3) is 3.72. The normalized spacial score (nSPS) is 15.8. The molecule has 2 heterocycles. The molecule has 0 radical (unpaired) electrons. The van der Waals surface area contributed by atoms with Crippen molar-refractivity contribution >= 4 is 23.2 Å². The van der Waals surface area contributed by atoms with Crippen molar-refractivity contribution in [3.63, 3.8) is 0 Å². The molecule has 4 rings (SSSR count). The molecule has 0 aliphatic carbocycles. The number of fused-ring (bicyclic) bond motifs is 1. The van der Waals surface area contributed by atoms with Crippen LogP contribution in [0.2, 0.25) is 5.02 Å². The van der Waals surface area contributed by atoms with Gasteiger partial charge in [0, 0.05) is 23.7 Å². The molecule has 5 nitrogen and oxygen atoms in total. The third-order valence-corrected chi connectivity index (χ3v) is 4.65. The maximum absolute atomic E-state index is 13.3. The molecule has 0 unspecified atom stereocenters. The van der Waals surface area contributed by atoms with E-state index in [4.69, 9.17) is 16.7 Å². The Morgan fingerprint density at radius 2 is 2.00 bits per heavy atom. The number of benzene rings is 2. The summed E-state index contributed by atoms with van der Waals surface area (Å²) in [5, 5.41) is 17.6. The van der Waals surface area contributed by atoms with Crippen molar-refractivity contribution in [2.24, 2.45) is 0 Å². The van der Waals surface area contributed by atoms with Crippen LogP contribution in [-0.4, -0.2) is 26.5 Å². The molecule has 1 atom stereocenters. The Morgan fingerprint density at radius 3 is 2.74 bits per heavy atom. The first-order valence-electron chi connectivity index (χ1n) is 8.70. The van der Waals surface area contributed by atoms with E-state index in [-0.39, 0.29) is 18.5 Å². The van der Waals surface area contributed by atoms with E-state index in [1.165, 1.54) is 12.1 Å². The van der Waals surface area contributed by atoms with Crippen molar-refractivity contribution in [2.75, 3.05) is 11.9 Å². The standard InChI is InChI=1S/C20H18ClFN4O/c21-15-4-1-3-14(11-15)18-12-17(13-6-8-16(22)9-7-13)23-20-24-19(5-2-10-27)25-26(18)20/h1,3-4,6-9,11-12,18,27H,2,5,10H2,(H,23,24,25)/t18-/m1/s1. The summed E-state index contributed by atoms with van der Waals surface area (Å²) in [5.74, 6) is 0.984. The Morgan fingerprint density at radius 1 is 1.19 bits per heavy atom. The molecule has 0 saturated heterocycles. The Bertz CT molecular complexity index is 984. The van der Waals surface area contributed by atoms with E-state index in [1.54, 1.807) is 12.1 Å². The maximum Gasteiger partial charge on any atom is 0.226 e. The topological polar surface area (TPSA) is 63.0 Å². The zero-order valence-electron chi connectivity index (χ0n) is 14.4. The van der Waals surface area contributed by atoms with Crippen LogP contribution in [0.15, 0.2) is 54.6 Å². The number of anilines is 1. The van der Waals surface area contributed by atoms with Crippen LogP contribution in [0, 0.1) is 5.82 Å². The number of nitrogens with one attached hydrogen (secondary N) is 1. The molecular formula is C20H18ClFN4O. The van der Waals surface area contributed by atoms with E-state index in [1.807, 2.05) is 35.0 Å². The van der Waals surface area contributed by atoms with Crippen LogP contribution in [0.1, 0.15) is 29.4 Å². The summed E-state index contributed by atoms with van der Waals surface area (Å²) < 4.78 is 15.1. The van der Waals surface area contributed by atoms with Gasteiger partial charge in [0.1, 0.15) is 11.9 Å². The number of aliphatic hydroxyl groups is 1. The first kappa shape index (κ1) is 17.7. The second-order valence-corrected chi connectivity index (χ2v) is 6.77. The highest BCUT2D eigenvalue weighted by molar-refractivity contribution is 6.30. The van der Waals surface area contributed by atoms with Crippen molar-refractivity contribution in [1.29, 1.82) is 0 Å². The van der Waals surface area contributed by atoms with E-state index < -0.39 is 0 Å². The monoisotopic (exact) mass is 384 g/mol. The molecule has 27 heavy (non-hydrogen) atoms. The number of aliphatic hydroxyl groups excluding tert-OH is 1. The second-order valence-electron chi connectivity index (χ2n) is 6.34. The lowest BCUT2D eigenvalue weighted by Crippen LogP contribution is -2.20. The molecule has 0 bridgehead atoms. The second kappa shape index (κ2) is 7.50. The third-order valence-electron chi connectivity index (χ3n) is 4.41. The lowest BCUT2D eigenvalue weighted by atomic mass is 10.0. The molecule has 0 fully saturated rings. The Balaban J connectivity index is 1.77. The van der Waals surface area contributed by atoms with Crippen LogP contribution in [0.5, 0.6) is 0 Å². The molecule has 1 aliphatic rings. The number of rotatable bonds is 5. The van der Waals surface area contributed by atoms with Gasteiger partial charge in [-0.05, 0) is 60.0 Å². The maximum atomic E-state index is 13.3. The number of halogens is 2. The SMILES string of the molecule is OCCCc1nc2n(n1)[C@@H](c1cccc(Cl)c1)C=C(c1ccc(F)cc1)N2. The van der Waals surface area contributed by atoms with Gasteiger partial charge in [-0.25, -0.2) is 9.07 Å². The van der Waals surface area contributed by atoms with Gasteiger partial charge in [-0.1, -0.05) is 23.7 Å². The lowest BCUT2D eigenvalue weighted by molar-refractivity contribution is 0.287. The molecule has 1 aromatic heterocycles. The largest absolute Gasteiger partial charge is 0.396 e. The van der Waals surface area contributed by atoms with Crippen LogP contribution >= 0.6 is 11.6 Å². The zero-order valence-corrected chi connectivity index (χ0v) is 15.2. The summed E-state index contributed by atoms with van der Waals surface area (Å²) in [4.78, 5) is 4.56. The quantitative estimate of drug-likeness (QED) is 0.696. The predicted octanol–water partition coefficient (Wildman–Crippen LogP) is 4.05. The van der Waals surface area contributed by atoms with Crippen LogP contribution in [-0.2, 0) is 6.42 Å². The predicted molar refractivity (Wildman–Crippen MR) is 103 cm³/mol. The van der Waals surface area contributed by atoms with Crippen molar-refractivity contribution in [3.05, 3.63) is 82.4 Å². The van der Waals surface area contributed by atoms with Gasteiger partial charge in [-0.15, -0.1) is 0 Å². The summed E-state index contributed by atoms with van der Waals surface area (Å²) in [6.45, 7) is 0.0914. The Labute approximate surface area is 161 Å². The van der Waals surface area contributed by atoms with E-state index in [9.17, 15) is 4.39 Å². The number of aromatic nitrogens is 3. The molecule has 2 aromatic carbocycles. The van der Waals surface area contributed by atoms with Gasteiger partial charge in [-0.2, -0.15) is 10.1 Å². The minimum Gasteiger partial charge on any atom is -0.396 e. The summed E-state index contributed by atoms with van der Waals surface area (Å²) in [6.07, 6.45) is 3.21. The number of hydrogen-bond donors (Lipinski definition) is 2. The highest BCUT2D eigenvalue weighted by atomic mass is 35.5. The number of aryl methyl sites for hydroxylation is 1. The van der Waals surface area contributed by atoms with Gasteiger partial charge >= 0.3 is 0 Å². The minimum absolute atomic E-state index is 0.0914. The highest BCUT2D eigenvalue weighted by Crippen LogP contribution is 2.33. The summed E-state index contributed by atoms with van der Waals surface area (Å²) in [6, 6.07) is 13.7. The van der Waals surface area contributed by atoms with Crippen molar-refractivity contribution < 1.29 is 9.50 Å². The van der Waals surface area contributed by atoms with Crippen molar-refractivity contribution in [1.82, 2.24) is 14.8 Å². The van der Waals surface area contributed by atoms with E-state index >= 15 is 0 Å². The first-order chi connectivity index (χ1) is 13.1. The molecule has 0 spiro atoms. The number of hydrogen-bond acceptors (Lipinski definition) is 4. The zero-order chi connectivity index (χ0) is 18.8. The van der Waals surface area contributed by atoms with Gasteiger partial charge in [0.05, 0.1) is 0 Å². The van der Waals surface area contributed by atoms with E-state index in [0.717, 1.165) is 16.8 Å². The highest BCUT2D eigenvalue weighted by Gasteiger charge is 2.25. The molecule has 1 aliphatic heterocycles. The molecule has 0 amide bonds. The smallest absolute Gasteiger partial charge is 0.226 e. The van der Waals surface area contributed by atoms with Crippen molar-refractivity contribution in [2.45, 2.75) is 18.9 Å². The van der Waals surface area contributed by atoms with Gasteiger partial charge in [0.25, 0.3) is 0 Å². The Hall–Kier alpha value is -2.70. The van der Waals surface area contributed by atoms with E-state index in [0.29, 0.717) is 29.6 Å². The van der Waals surface area contributed by atoms with Gasteiger partial charge in [0.2, 0.25) is 5.95 Å². The molecule has 0 saturated carbocycles. The van der Waals surface area contributed by atoms with Crippen LogP contribution in [0.3, 0.4) is 0 Å². The van der Waals surface area contributed by atoms with Crippen molar-refractivity contribution in [3.8, 4) is 0 Å².